The first-order valence-electron chi connectivity index (χ1n) is 5.99. The molecule has 2 rings (SSSR count). The SMILES string of the molecule is COc1cc(Br)cc(/C=C(\Sc2n[nH]c(C)n2)C(=O)O)c1O. The standard InChI is InChI=1S/C13H12BrN3O4S/c1-6-15-13(17-16-6)22-10(12(19)20)4-7-3-8(14)5-9(21-2)11(7)18/h3-5,18H,1-2H3,(H,19,20)(H,15,16,17)/b10-4-. The molecule has 0 aliphatic carbocycles. The number of thioether (sulfide) groups is 1. The number of carboxylic acid groups (broad SMARTS) is 1. The molecule has 0 atom stereocenters. The molecule has 0 saturated carbocycles. The van der Waals surface area contributed by atoms with Gasteiger partial charge in [0.15, 0.2) is 11.5 Å². The molecule has 0 bridgehead atoms. The third-order valence-electron chi connectivity index (χ3n) is 2.56. The van der Waals surface area contributed by atoms with Gasteiger partial charge in [-0.25, -0.2) is 9.78 Å². The summed E-state index contributed by atoms with van der Waals surface area (Å²) in [6, 6.07) is 3.17. The molecule has 116 valence electrons. The van der Waals surface area contributed by atoms with Gasteiger partial charge in [-0.3, -0.25) is 5.10 Å². The smallest absolute Gasteiger partial charge is 0.342 e. The number of nitrogens with one attached hydrogen (secondary N) is 1. The fourth-order valence-corrected chi connectivity index (χ4v) is 2.80. The predicted octanol–water partition coefficient (Wildman–Crippen LogP) is 2.81. The molecule has 1 heterocycles. The lowest BCUT2D eigenvalue weighted by Gasteiger charge is -2.08. The van der Waals surface area contributed by atoms with Gasteiger partial charge in [0.25, 0.3) is 0 Å². The highest BCUT2D eigenvalue weighted by Crippen LogP contribution is 2.36. The van der Waals surface area contributed by atoms with Crippen LogP contribution in [0.3, 0.4) is 0 Å². The summed E-state index contributed by atoms with van der Waals surface area (Å²) in [4.78, 5) is 15.4. The number of aromatic hydroxyl groups is 1. The number of nitrogens with zero attached hydrogens (tertiary/aromatic N) is 2. The van der Waals surface area contributed by atoms with Gasteiger partial charge in [-0.15, -0.1) is 5.10 Å². The molecule has 9 heteroatoms. The number of H-pyrrole nitrogens is 1. The van der Waals surface area contributed by atoms with Crippen molar-refractivity contribution < 1.29 is 19.7 Å². The Bertz CT molecular complexity index is 745. The van der Waals surface area contributed by atoms with Crippen molar-refractivity contribution in [1.29, 1.82) is 0 Å². The molecule has 22 heavy (non-hydrogen) atoms. The molecule has 0 aliphatic rings. The molecule has 0 unspecified atom stereocenters. The lowest BCUT2D eigenvalue weighted by Crippen LogP contribution is -1.97. The van der Waals surface area contributed by atoms with Crippen molar-refractivity contribution >= 4 is 39.7 Å². The molecule has 1 aromatic heterocycles. The molecule has 0 amide bonds. The number of methoxy groups -OCH3 is 1. The molecule has 0 fully saturated rings. The fraction of sp³-hybridized carbons (Fsp3) is 0.154. The van der Waals surface area contributed by atoms with Gasteiger partial charge in [-0.2, -0.15) is 0 Å². The Morgan fingerprint density at radius 2 is 2.23 bits per heavy atom. The van der Waals surface area contributed by atoms with Crippen molar-refractivity contribution in [1.82, 2.24) is 15.2 Å². The second kappa shape index (κ2) is 6.84. The Kier molecular flexibility index (Phi) is 5.09. The second-order valence-electron chi connectivity index (χ2n) is 4.17. The summed E-state index contributed by atoms with van der Waals surface area (Å²) in [7, 11) is 1.41. The van der Waals surface area contributed by atoms with Gasteiger partial charge in [0.1, 0.15) is 10.7 Å². The van der Waals surface area contributed by atoms with Crippen LogP contribution in [0.2, 0.25) is 0 Å². The first-order chi connectivity index (χ1) is 10.4. The normalized spacial score (nSPS) is 11.5. The van der Waals surface area contributed by atoms with E-state index in [-0.39, 0.29) is 21.6 Å². The highest BCUT2D eigenvalue weighted by atomic mass is 79.9. The average Bonchev–Trinajstić information content (AvgIpc) is 2.86. The number of hydrogen-bond donors (Lipinski definition) is 3. The van der Waals surface area contributed by atoms with E-state index in [0.717, 1.165) is 11.8 Å². The Balaban J connectivity index is 2.42. The quantitative estimate of drug-likeness (QED) is 0.536. The third-order valence-corrected chi connectivity index (χ3v) is 3.90. The Labute approximate surface area is 138 Å². The predicted molar refractivity (Wildman–Crippen MR) is 84.9 cm³/mol. The Hall–Kier alpha value is -2.00. The van der Waals surface area contributed by atoms with Crippen LogP contribution in [0.1, 0.15) is 11.4 Å². The minimum Gasteiger partial charge on any atom is -0.504 e. The summed E-state index contributed by atoms with van der Waals surface area (Å²) in [5.41, 5.74) is 0.309. The van der Waals surface area contributed by atoms with E-state index in [1.165, 1.54) is 13.2 Å². The van der Waals surface area contributed by atoms with Crippen LogP contribution in [0.5, 0.6) is 11.5 Å². The van der Waals surface area contributed by atoms with Gasteiger partial charge >= 0.3 is 5.97 Å². The van der Waals surface area contributed by atoms with Crippen molar-refractivity contribution in [3.63, 3.8) is 0 Å². The molecule has 0 spiro atoms. The average molecular weight is 386 g/mol. The molecule has 7 nitrogen and oxygen atoms in total. The Morgan fingerprint density at radius 3 is 2.77 bits per heavy atom. The van der Waals surface area contributed by atoms with E-state index in [2.05, 4.69) is 31.1 Å². The zero-order chi connectivity index (χ0) is 16.3. The monoisotopic (exact) mass is 385 g/mol. The topological polar surface area (TPSA) is 108 Å². The van der Waals surface area contributed by atoms with E-state index in [4.69, 9.17) is 4.74 Å². The molecule has 0 radical (unpaired) electrons. The number of phenolic OH excluding ortho intramolecular Hbond substituents is 1. The van der Waals surface area contributed by atoms with Crippen molar-refractivity contribution in [3.05, 3.63) is 32.9 Å². The zero-order valence-corrected chi connectivity index (χ0v) is 14.0. The zero-order valence-electron chi connectivity index (χ0n) is 11.6. The van der Waals surface area contributed by atoms with E-state index < -0.39 is 5.97 Å². The van der Waals surface area contributed by atoms with Crippen LogP contribution >= 0.6 is 27.7 Å². The summed E-state index contributed by atoms with van der Waals surface area (Å²) in [5, 5.41) is 26.2. The van der Waals surface area contributed by atoms with E-state index in [1.807, 2.05) is 0 Å². The van der Waals surface area contributed by atoms with Gasteiger partial charge in [0.2, 0.25) is 5.16 Å². The first kappa shape index (κ1) is 16.4. The van der Waals surface area contributed by atoms with Gasteiger partial charge in [0, 0.05) is 10.0 Å². The number of aryl methyl sites for hydroxylation is 1. The summed E-state index contributed by atoms with van der Waals surface area (Å²) < 4.78 is 5.69. The van der Waals surface area contributed by atoms with Crippen molar-refractivity contribution in [2.45, 2.75) is 12.1 Å². The van der Waals surface area contributed by atoms with Crippen molar-refractivity contribution in [2.24, 2.45) is 0 Å². The third kappa shape index (κ3) is 3.80. The number of aromatic amines is 1. The van der Waals surface area contributed by atoms with E-state index in [0.29, 0.717) is 15.9 Å². The number of halogens is 1. The van der Waals surface area contributed by atoms with Crippen LogP contribution in [0, 0.1) is 6.92 Å². The number of aliphatic carboxylic acids is 1. The number of phenols is 1. The minimum atomic E-state index is -1.15. The molecule has 0 saturated heterocycles. The van der Waals surface area contributed by atoms with E-state index >= 15 is 0 Å². The van der Waals surface area contributed by atoms with Gasteiger partial charge in [-0.1, -0.05) is 15.9 Å². The number of carbonyl (C=O) groups is 1. The maximum absolute atomic E-state index is 11.4. The van der Waals surface area contributed by atoms with Crippen LogP contribution in [-0.2, 0) is 4.79 Å². The second-order valence-corrected chi connectivity index (χ2v) is 6.09. The van der Waals surface area contributed by atoms with Crippen LogP contribution in [0.15, 0.2) is 26.7 Å². The fourth-order valence-electron chi connectivity index (χ4n) is 1.60. The van der Waals surface area contributed by atoms with Gasteiger partial charge in [0.05, 0.1) is 7.11 Å². The number of ether oxygens (including phenoxy) is 1. The number of hydrogen-bond acceptors (Lipinski definition) is 6. The lowest BCUT2D eigenvalue weighted by atomic mass is 10.1. The van der Waals surface area contributed by atoms with Crippen molar-refractivity contribution in [2.75, 3.05) is 7.11 Å². The highest BCUT2D eigenvalue weighted by Gasteiger charge is 2.16. The van der Waals surface area contributed by atoms with Crippen molar-refractivity contribution in [3.8, 4) is 11.5 Å². The first-order valence-corrected chi connectivity index (χ1v) is 7.60. The number of aromatic nitrogens is 3. The van der Waals surface area contributed by atoms with Gasteiger partial charge in [-0.05, 0) is 36.9 Å². The maximum Gasteiger partial charge on any atom is 0.342 e. The summed E-state index contributed by atoms with van der Waals surface area (Å²) in [5.74, 6) is -0.467. The Morgan fingerprint density at radius 1 is 1.50 bits per heavy atom. The molecular formula is C13H12BrN3O4S. The van der Waals surface area contributed by atoms with E-state index in [9.17, 15) is 15.0 Å². The van der Waals surface area contributed by atoms with E-state index in [1.54, 1.807) is 19.1 Å². The van der Waals surface area contributed by atoms with Gasteiger partial charge < -0.3 is 14.9 Å². The number of rotatable bonds is 5. The van der Waals surface area contributed by atoms with Crippen LogP contribution in [0.4, 0.5) is 0 Å². The summed E-state index contributed by atoms with van der Waals surface area (Å²) in [6.45, 7) is 1.71. The maximum atomic E-state index is 11.4. The summed E-state index contributed by atoms with van der Waals surface area (Å²) >= 11 is 4.16. The molecule has 2 aromatic rings. The molecular weight excluding hydrogens is 374 g/mol. The highest BCUT2D eigenvalue weighted by molar-refractivity contribution is 9.10. The van der Waals surface area contributed by atoms with Crippen LogP contribution in [0.25, 0.3) is 6.08 Å². The summed E-state index contributed by atoms with van der Waals surface area (Å²) in [6.07, 6.45) is 1.33. The molecule has 1 aromatic carbocycles. The van der Waals surface area contributed by atoms with Crippen LogP contribution < -0.4 is 4.74 Å². The van der Waals surface area contributed by atoms with Crippen LogP contribution in [-0.4, -0.2) is 38.5 Å². The minimum absolute atomic E-state index is 0.0329. The molecule has 3 N–H and O–H groups in total. The lowest BCUT2D eigenvalue weighted by molar-refractivity contribution is -0.131. The molecule has 0 aliphatic heterocycles. The number of benzene rings is 1. The largest absolute Gasteiger partial charge is 0.504 e. The number of carboxylic acids is 1.